The van der Waals surface area contributed by atoms with Gasteiger partial charge >= 0.3 is 0 Å². The van der Waals surface area contributed by atoms with Gasteiger partial charge in [0.2, 0.25) is 0 Å². The summed E-state index contributed by atoms with van der Waals surface area (Å²) < 4.78 is 0. The van der Waals surface area contributed by atoms with E-state index in [1.54, 1.807) is 0 Å². The van der Waals surface area contributed by atoms with Crippen molar-refractivity contribution in [2.45, 2.75) is 57.4 Å². The molecular formula is C17H33N3. The topological polar surface area (TPSA) is 18.5 Å². The van der Waals surface area contributed by atoms with E-state index >= 15 is 0 Å². The first-order chi connectivity index (χ1) is 9.93. The van der Waals surface area contributed by atoms with Crippen LogP contribution in [0.5, 0.6) is 0 Å². The number of nitrogens with one attached hydrogen (secondary N) is 1. The fourth-order valence-electron chi connectivity index (χ4n) is 4.51. The number of rotatable bonds is 4. The van der Waals surface area contributed by atoms with Gasteiger partial charge in [0.25, 0.3) is 0 Å². The van der Waals surface area contributed by atoms with Crippen LogP contribution < -0.4 is 5.32 Å². The Kier molecular flexibility index (Phi) is 5.75. The average Bonchev–Trinajstić information content (AvgIpc) is 2.90. The molecule has 3 aliphatic heterocycles. The van der Waals surface area contributed by atoms with E-state index in [9.17, 15) is 0 Å². The van der Waals surface area contributed by atoms with Gasteiger partial charge in [-0.2, -0.15) is 0 Å². The molecule has 1 N–H and O–H groups in total. The first kappa shape index (κ1) is 14.8. The van der Waals surface area contributed by atoms with E-state index in [0.29, 0.717) is 0 Å². The summed E-state index contributed by atoms with van der Waals surface area (Å²) in [7, 11) is 0. The van der Waals surface area contributed by atoms with Crippen molar-refractivity contribution in [3.05, 3.63) is 0 Å². The normalized spacial score (nSPS) is 31.5. The van der Waals surface area contributed by atoms with Crippen LogP contribution in [0.2, 0.25) is 0 Å². The molecule has 0 aliphatic carbocycles. The van der Waals surface area contributed by atoms with Crippen molar-refractivity contribution in [3.63, 3.8) is 0 Å². The highest BCUT2D eigenvalue weighted by atomic mass is 15.2. The third kappa shape index (κ3) is 3.96. The van der Waals surface area contributed by atoms with E-state index in [0.717, 1.165) is 12.0 Å². The van der Waals surface area contributed by atoms with Crippen LogP contribution in [0.3, 0.4) is 0 Å². The number of piperidine rings is 1. The largest absolute Gasteiger partial charge is 0.317 e. The van der Waals surface area contributed by atoms with Gasteiger partial charge in [-0.3, -0.25) is 4.90 Å². The van der Waals surface area contributed by atoms with E-state index in [-0.39, 0.29) is 0 Å². The summed E-state index contributed by atoms with van der Waals surface area (Å²) in [5, 5.41) is 3.53. The Labute approximate surface area is 125 Å². The number of hydrogen-bond acceptors (Lipinski definition) is 3. The Bertz CT molecular complexity index is 269. The fourth-order valence-corrected chi connectivity index (χ4v) is 4.51. The lowest BCUT2D eigenvalue weighted by Gasteiger charge is -2.38. The van der Waals surface area contributed by atoms with Gasteiger partial charge in [-0.05, 0) is 77.2 Å². The third-order valence-corrected chi connectivity index (χ3v) is 5.74. The maximum atomic E-state index is 3.53. The monoisotopic (exact) mass is 279 g/mol. The van der Waals surface area contributed by atoms with Crippen molar-refractivity contribution >= 4 is 0 Å². The van der Waals surface area contributed by atoms with Crippen LogP contribution in [-0.4, -0.2) is 61.7 Å². The van der Waals surface area contributed by atoms with E-state index in [1.165, 1.54) is 97.2 Å². The molecule has 3 nitrogen and oxygen atoms in total. The standard InChI is InChI=1S/C17H33N3/c1-2-6-17(16-7-9-18-10-8-16)20(13-3-1)15-14-19-11-4-5-12-19/h16-18H,1-15H2. The Morgan fingerprint density at radius 2 is 1.50 bits per heavy atom. The zero-order valence-electron chi connectivity index (χ0n) is 13.2. The maximum Gasteiger partial charge on any atom is 0.0125 e. The quantitative estimate of drug-likeness (QED) is 0.852. The van der Waals surface area contributed by atoms with Gasteiger partial charge in [-0.25, -0.2) is 0 Å². The molecule has 0 aromatic rings. The lowest BCUT2D eigenvalue weighted by atomic mass is 9.87. The molecule has 3 rings (SSSR count). The van der Waals surface area contributed by atoms with E-state index in [4.69, 9.17) is 0 Å². The molecule has 0 amide bonds. The molecular weight excluding hydrogens is 246 g/mol. The average molecular weight is 279 g/mol. The molecule has 0 aromatic carbocycles. The van der Waals surface area contributed by atoms with Crippen LogP contribution in [0, 0.1) is 5.92 Å². The van der Waals surface area contributed by atoms with Crippen molar-refractivity contribution < 1.29 is 0 Å². The SMILES string of the molecule is C1CCC(C2CCNCC2)N(CCN2CCCC2)CC1. The molecule has 0 aromatic heterocycles. The van der Waals surface area contributed by atoms with Crippen LogP contribution in [0.1, 0.15) is 51.4 Å². The number of hydrogen-bond donors (Lipinski definition) is 1. The van der Waals surface area contributed by atoms with Crippen LogP contribution in [0.25, 0.3) is 0 Å². The van der Waals surface area contributed by atoms with E-state index in [1.807, 2.05) is 0 Å². The molecule has 0 radical (unpaired) electrons. The smallest absolute Gasteiger partial charge is 0.0125 e. The molecule has 3 heteroatoms. The van der Waals surface area contributed by atoms with Gasteiger partial charge in [-0.1, -0.05) is 12.8 Å². The van der Waals surface area contributed by atoms with Gasteiger partial charge in [0.1, 0.15) is 0 Å². The maximum absolute atomic E-state index is 3.53. The zero-order valence-corrected chi connectivity index (χ0v) is 13.2. The minimum Gasteiger partial charge on any atom is -0.317 e. The second-order valence-corrected chi connectivity index (χ2v) is 7.09. The first-order valence-electron chi connectivity index (χ1n) is 9.10. The second-order valence-electron chi connectivity index (χ2n) is 7.09. The van der Waals surface area contributed by atoms with Gasteiger partial charge in [0, 0.05) is 19.1 Å². The van der Waals surface area contributed by atoms with Crippen molar-refractivity contribution in [1.82, 2.24) is 15.1 Å². The highest BCUT2D eigenvalue weighted by Gasteiger charge is 2.29. The lowest BCUT2D eigenvalue weighted by molar-refractivity contribution is 0.110. The predicted octanol–water partition coefficient (Wildman–Crippen LogP) is 2.33. The fraction of sp³-hybridized carbons (Fsp3) is 1.00. The second kappa shape index (κ2) is 7.77. The molecule has 0 saturated carbocycles. The van der Waals surface area contributed by atoms with Crippen molar-refractivity contribution in [2.24, 2.45) is 5.92 Å². The van der Waals surface area contributed by atoms with Crippen molar-refractivity contribution in [3.8, 4) is 0 Å². The number of likely N-dealkylation sites (tertiary alicyclic amines) is 2. The zero-order chi connectivity index (χ0) is 13.6. The summed E-state index contributed by atoms with van der Waals surface area (Å²) >= 11 is 0. The van der Waals surface area contributed by atoms with Gasteiger partial charge in [0.05, 0.1) is 0 Å². The van der Waals surface area contributed by atoms with E-state index in [2.05, 4.69) is 15.1 Å². The molecule has 1 atom stereocenters. The molecule has 0 spiro atoms. The summed E-state index contributed by atoms with van der Waals surface area (Å²) in [6.07, 6.45) is 11.5. The Morgan fingerprint density at radius 1 is 0.750 bits per heavy atom. The minimum absolute atomic E-state index is 0.891. The predicted molar refractivity (Wildman–Crippen MR) is 85.1 cm³/mol. The molecule has 0 bridgehead atoms. The van der Waals surface area contributed by atoms with Crippen LogP contribution in [-0.2, 0) is 0 Å². The highest BCUT2D eigenvalue weighted by Crippen LogP contribution is 2.28. The van der Waals surface area contributed by atoms with E-state index < -0.39 is 0 Å². The summed E-state index contributed by atoms with van der Waals surface area (Å²) in [5.41, 5.74) is 0. The summed E-state index contributed by atoms with van der Waals surface area (Å²) in [6, 6.07) is 0.891. The molecule has 3 saturated heterocycles. The Hall–Kier alpha value is -0.120. The Morgan fingerprint density at radius 3 is 2.30 bits per heavy atom. The third-order valence-electron chi connectivity index (χ3n) is 5.74. The molecule has 3 heterocycles. The summed E-state index contributed by atoms with van der Waals surface area (Å²) in [5.74, 6) is 0.966. The Balaban J connectivity index is 1.54. The highest BCUT2D eigenvalue weighted by molar-refractivity contribution is 4.85. The lowest BCUT2D eigenvalue weighted by Crippen LogP contribution is -2.46. The van der Waals surface area contributed by atoms with Crippen LogP contribution in [0.4, 0.5) is 0 Å². The summed E-state index contributed by atoms with van der Waals surface area (Å²) in [4.78, 5) is 5.56. The summed E-state index contributed by atoms with van der Waals surface area (Å²) in [6.45, 7) is 9.22. The van der Waals surface area contributed by atoms with Crippen LogP contribution in [0.15, 0.2) is 0 Å². The van der Waals surface area contributed by atoms with Gasteiger partial charge in [-0.15, -0.1) is 0 Å². The van der Waals surface area contributed by atoms with Crippen molar-refractivity contribution in [1.29, 1.82) is 0 Å². The number of nitrogens with zero attached hydrogens (tertiary/aromatic N) is 2. The van der Waals surface area contributed by atoms with Gasteiger partial charge < -0.3 is 10.2 Å². The van der Waals surface area contributed by atoms with Crippen molar-refractivity contribution in [2.75, 3.05) is 45.8 Å². The molecule has 116 valence electrons. The molecule has 3 aliphatic rings. The van der Waals surface area contributed by atoms with Crippen LogP contribution >= 0.6 is 0 Å². The molecule has 1 unspecified atom stereocenters. The molecule has 3 fully saturated rings. The molecule has 20 heavy (non-hydrogen) atoms. The first-order valence-corrected chi connectivity index (χ1v) is 9.10. The minimum atomic E-state index is 0.891. The van der Waals surface area contributed by atoms with Gasteiger partial charge in [0.15, 0.2) is 0 Å².